The monoisotopic (exact) mass is 671 g/mol. The van der Waals surface area contributed by atoms with Gasteiger partial charge in [-0.2, -0.15) is 0 Å². The largest absolute Gasteiger partial charge is 0.396 e. The smallest absolute Gasteiger partial charge is 0.264 e. The van der Waals surface area contributed by atoms with Crippen molar-refractivity contribution in [1.29, 1.82) is 0 Å². The number of likely N-dealkylation sites (tertiary alicyclic amines) is 2. The molecule has 0 spiro atoms. The molecule has 1 aromatic heterocycles. The molecule has 0 unspecified atom stereocenters. The third-order valence-corrected chi connectivity index (χ3v) is 11.5. The molecule has 0 saturated carbocycles. The molecule has 48 heavy (non-hydrogen) atoms. The molecule has 0 atom stereocenters. The lowest BCUT2D eigenvalue weighted by atomic mass is 9.93. The highest BCUT2D eigenvalue weighted by Gasteiger charge is 2.30. The summed E-state index contributed by atoms with van der Waals surface area (Å²) in [6, 6.07) is 21.0. The van der Waals surface area contributed by atoms with Crippen LogP contribution in [0.15, 0.2) is 60.7 Å². The summed E-state index contributed by atoms with van der Waals surface area (Å²) in [6.07, 6.45) is 10.7. The van der Waals surface area contributed by atoms with E-state index in [0.29, 0.717) is 18.4 Å². The number of nitrogens with zero attached hydrogens (tertiary/aromatic N) is 3. The third-order valence-electron chi connectivity index (χ3n) is 10.4. The van der Waals surface area contributed by atoms with Crippen LogP contribution in [0.1, 0.15) is 109 Å². The maximum atomic E-state index is 14.1. The molecular formula is C41H57N3O3S. The molecule has 6 nitrogen and oxygen atoms in total. The first-order valence-corrected chi connectivity index (χ1v) is 19.4. The maximum Gasteiger partial charge on any atom is 0.264 e. The van der Waals surface area contributed by atoms with Crippen LogP contribution in [0.25, 0.3) is 11.1 Å². The first-order chi connectivity index (χ1) is 23.3. The fourth-order valence-corrected chi connectivity index (χ4v) is 8.18. The molecular weight excluding hydrogens is 615 g/mol. The summed E-state index contributed by atoms with van der Waals surface area (Å²) >= 11 is 1.68. The van der Waals surface area contributed by atoms with E-state index in [-0.39, 0.29) is 24.5 Å². The second kappa shape index (κ2) is 18.1. The number of thiophene rings is 1. The van der Waals surface area contributed by atoms with Crippen LogP contribution in [0.2, 0.25) is 0 Å². The van der Waals surface area contributed by atoms with Crippen molar-refractivity contribution in [2.75, 3.05) is 39.3 Å². The Labute approximate surface area is 293 Å². The van der Waals surface area contributed by atoms with Crippen LogP contribution in [0.5, 0.6) is 0 Å². The molecule has 3 heterocycles. The SMILES string of the molecule is CCCCCc1ccc(C(=O)N(Cc2ccc(-c3ccc(C(=O)N4CCC(CCO)CC4)cc3)cc2)C2CCN(CCC(C)C)CC2)s1. The van der Waals surface area contributed by atoms with E-state index in [9.17, 15) is 14.7 Å². The minimum atomic E-state index is 0.0914. The zero-order chi connectivity index (χ0) is 33.9. The van der Waals surface area contributed by atoms with Gasteiger partial charge in [0.15, 0.2) is 0 Å². The van der Waals surface area contributed by atoms with Gasteiger partial charge in [-0.05, 0) is 111 Å². The highest BCUT2D eigenvalue weighted by molar-refractivity contribution is 7.14. The number of hydrogen-bond donors (Lipinski definition) is 1. The van der Waals surface area contributed by atoms with Crippen LogP contribution in [0.3, 0.4) is 0 Å². The number of piperidine rings is 2. The van der Waals surface area contributed by atoms with Crippen LogP contribution in [0.4, 0.5) is 0 Å². The van der Waals surface area contributed by atoms with Crippen molar-refractivity contribution in [3.05, 3.63) is 81.5 Å². The minimum Gasteiger partial charge on any atom is -0.396 e. The Balaban J connectivity index is 1.24. The number of hydrogen-bond acceptors (Lipinski definition) is 5. The molecule has 0 bridgehead atoms. The van der Waals surface area contributed by atoms with Crippen molar-refractivity contribution in [3.63, 3.8) is 0 Å². The number of aryl methyl sites for hydroxylation is 1. The summed E-state index contributed by atoms with van der Waals surface area (Å²) in [5.74, 6) is 1.49. The van der Waals surface area contributed by atoms with Crippen molar-refractivity contribution in [2.24, 2.45) is 11.8 Å². The molecule has 1 N–H and O–H groups in total. The number of carbonyl (C=O) groups is 2. The van der Waals surface area contributed by atoms with Gasteiger partial charge in [-0.1, -0.05) is 70.0 Å². The molecule has 3 aromatic rings. The van der Waals surface area contributed by atoms with Gasteiger partial charge in [-0.3, -0.25) is 9.59 Å². The Kier molecular flexibility index (Phi) is 13.7. The summed E-state index contributed by atoms with van der Waals surface area (Å²) < 4.78 is 0. The predicted octanol–water partition coefficient (Wildman–Crippen LogP) is 8.54. The average molecular weight is 672 g/mol. The van der Waals surface area contributed by atoms with E-state index in [1.165, 1.54) is 30.6 Å². The Bertz CT molecular complexity index is 1420. The second-order valence-electron chi connectivity index (χ2n) is 14.4. The van der Waals surface area contributed by atoms with E-state index in [2.05, 4.69) is 67.0 Å². The summed E-state index contributed by atoms with van der Waals surface area (Å²) in [7, 11) is 0. The molecule has 2 aliphatic heterocycles. The van der Waals surface area contributed by atoms with Gasteiger partial charge in [0, 0.05) is 55.8 Å². The van der Waals surface area contributed by atoms with Gasteiger partial charge in [0.05, 0.1) is 4.88 Å². The predicted molar refractivity (Wildman–Crippen MR) is 199 cm³/mol. The van der Waals surface area contributed by atoms with Gasteiger partial charge in [0.1, 0.15) is 0 Å². The van der Waals surface area contributed by atoms with Crippen molar-refractivity contribution in [1.82, 2.24) is 14.7 Å². The van der Waals surface area contributed by atoms with Gasteiger partial charge in [0.2, 0.25) is 0 Å². The first-order valence-electron chi connectivity index (χ1n) is 18.6. The van der Waals surface area contributed by atoms with Crippen molar-refractivity contribution in [2.45, 2.75) is 97.6 Å². The molecule has 2 aromatic carbocycles. The van der Waals surface area contributed by atoms with Gasteiger partial charge in [0.25, 0.3) is 11.8 Å². The number of benzene rings is 2. The number of amides is 2. The highest BCUT2D eigenvalue weighted by atomic mass is 32.1. The van der Waals surface area contributed by atoms with E-state index in [4.69, 9.17) is 0 Å². The number of rotatable bonds is 15. The number of carbonyl (C=O) groups excluding carboxylic acids is 2. The molecule has 2 amide bonds. The van der Waals surface area contributed by atoms with Crippen LogP contribution >= 0.6 is 11.3 Å². The Hall–Kier alpha value is -3.00. The third kappa shape index (κ3) is 10.0. The molecule has 7 heteroatoms. The Morgan fingerprint density at radius 3 is 2.17 bits per heavy atom. The molecule has 5 rings (SSSR count). The molecule has 2 saturated heterocycles. The Morgan fingerprint density at radius 1 is 0.875 bits per heavy atom. The first kappa shape index (κ1) is 36.3. The summed E-state index contributed by atoms with van der Waals surface area (Å²) in [4.78, 5) is 36.1. The normalized spacial score (nSPS) is 16.5. The van der Waals surface area contributed by atoms with Crippen molar-refractivity contribution >= 4 is 23.2 Å². The second-order valence-corrected chi connectivity index (χ2v) is 15.6. The molecule has 2 fully saturated rings. The average Bonchev–Trinajstić information content (AvgIpc) is 3.59. The molecule has 2 aliphatic rings. The van der Waals surface area contributed by atoms with Gasteiger partial charge >= 0.3 is 0 Å². The zero-order valence-electron chi connectivity index (χ0n) is 29.5. The number of unbranched alkanes of at least 4 members (excludes halogenated alkanes) is 2. The fraction of sp³-hybridized carbons (Fsp3) is 0.561. The zero-order valence-corrected chi connectivity index (χ0v) is 30.4. The lowest BCUT2D eigenvalue weighted by Gasteiger charge is -2.38. The summed E-state index contributed by atoms with van der Waals surface area (Å²) in [5.41, 5.74) is 4.05. The van der Waals surface area contributed by atoms with Gasteiger partial charge < -0.3 is 19.8 Å². The van der Waals surface area contributed by atoms with Crippen LogP contribution < -0.4 is 0 Å². The lowest BCUT2D eigenvalue weighted by Crippen LogP contribution is -2.47. The molecule has 260 valence electrons. The van der Waals surface area contributed by atoms with E-state index in [1.807, 2.05) is 29.2 Å². The molecule has 0 aliphatic carbocycles. The fourth-order valence-electron chi connectivity index (χ4n) is 7.17. The van der Waals surface area contributed by atoms with Crippen LogP contribution in [-0.2, 0) is 13.0 Å². The van der Waals surface area contributed by atoms with Gasteiger partial charge in [-0.15, -0.1) is 11.3 Å². The van der Waals surface area contributed by atoms with E-state index in [1.54, 1.807) is 11.3 Å². The maximum absolute atomic E-state index is 14.1. The van der Waals surface area contributed by atoms with E-state index < -0.39 is 0 Å². The molecule has 0 radical (unpaired) electrons. The highest BCUT2D eigenvalue weighted by Crippen LogP contribution is 2.28. The van der Waals surface area contributed by atoms with Crippen LogP contribution in [-0.4, -0.2) is 77.0 Å². The summed E-state index contributed by atoms with van der Waals surface area (Å²) in [6.45, 7) is 12.4. The standard InChI is InChI=1S/C41H57N3O3S/c1-4-5-6-7-38-16-17-39(48-38)41(47)44(37-21-25-42(26-22-37)24-18-31(2)3)30-33-8-10-34(11-9-33)35-12-14-36(15-13-35)40(46)43-27-19-32(20-28-43)23-29-45/h8-17,31-32,37,45H,4-7,18-30H2,1-3H3. The Morgan fingerprint density at radius 2 is 1.54 bits per heavy atom. The van der Waals surface area contributed by atoms with Crippen molar-refractivity contribution < 1.29 is 14.7 Å². The number of aliphatic hydroxyl groups excluding tert-OH is 1. The quantitative estimate of drug-likeness (QED) is 0.165. The van der Waals surface area contributed by atoms with E-state index in [0.717, 1.165) is 98.4 Å². The number of aliphatic hydroxyl groups is 1. The van der Waals surface area contributed by atoms with Crippen LogP contribution in [0, 0.1) is 11.8 Å². The summed E-state index contributed by atoms with van der Waals surface area (Å²) in [5, 5.41) is 9.23. The van der Waals surface area contributed by atoms with Gasteiger partial charge in [-0.25, -0.2) is 0 Å². The minimum absolute atomic E-state index is 0.0914. The van der Waals surface area contributed by atoms with E-state index >= 15 is 0 Å². The topological polar surface area (TPSA) is 64.1 Å². The lowest BCUT2D eigenvalue weighted by molar-refractivity contribution is 0.0550. The van der Waals surface area contributed by atoms with Crippen molar-refractivity contribution in [3.8, 4) is 11.1 Å².